The molecular formula is C7H2BrClF3NO2. The van der Waals surface area contributed by atoms with Crippen LogP contribution in [-0.2, 0) is 6.18 Å². The Balaban J connectivity index is 3.49. The Morgan fingerprint density at radius 1 is 1.40 bits per heavy atom. The van der Waals surface area contributed by atoms with Crippen LogP contribution in [0.2, 0.25) is 5.02 Å². The summed E-state index contributed by atoms with van der Waals surface area (Å²) in [4.78, 5) is 9.47. The largest absolute Gasteiger partial charge is 0.417 e. The molecule has 8 heteroatoms. The molecule has 0 fully saturated rings. The predicted molar refractivity (Wildman–Crippen MR) is 50.8 cm³/mol. The highest BCUT2D eigenvalue weighted by atomic mass is 79.9. The van der Waals surface area contributed by atoms with Crippen LogP contribution < -0.4 is 0 Å². The molecule has 0 amide bonds. The molecule has 0 spiro atoms. The number of nitro benzene ring substituents is 1. The van der Waals surface area contributed by atoms with Gasteiger partial charge in [0, 0.05) is 0 Å². The summed E-state index contributed by atoms with van der Waals surface area (Å²) in [6.45, 7) is 0. The molecule has 0 aliphatic carbocycles. The van der Waals surface area contributed by atoms with Crippen LogP contribution in [0.3, 0.4) is 0 Å². The fourth-order valence-corrected chi connectivity index (χ4v) is 1.98. The van der Waals surface area contributed by atoms with Gasteiger partial charge in [0.15, 0.2) is 0 Å². The Kier molecular flexibility index (Phi) is 3.25. The molecule has 3 nitrogen and oxygen atoms in total. The second-order valence-corrected chi connectivity index (χ2v) is 3.71. The van der Waals surface area contributed by atoms with Crippen LogP contribution in [-0.4, -0.2) is 4.92 Å². The number of alkyl halides is 3. The first kappa shape index (κ1) is 12.3. The lowest BCUT2D eigenvalue weighted by Gasteiger charge is -2.09. The predicted octanol–water partition coefficient (Wildman–Crippen LogP) is 4.03. The fourth-order valence-electron chi connectivity index (χ4n) is 0.927. The molecule has 0 saturated carbocycles. The summed E-state index contributed by atoms with van der Waals surface area (Å²) >= 11 is 7.93. The fraction of sp³-hybridized carbons (Fsp3) is 0.143. The minimum atomic E-state index is -4.66. The van der Waals surface area contributed by atoms with E-state index in [0.717, 1.165) is 6.07 Å². The summed E-state index contributed by atoms with van der Waals surface area (Å²) in [5, 5.41) is 10.1. The van der Waals surface area contributed by atoms with Crippen LogP contribution in [0.25, 0.3) is 0 Å². The lowest BCUT2D eigenvalue weighted by Crippen LogP contribution is -2.07. The van der Waals surface area contributed by atoms with Crippen molar-refractivity contribution in [1.29, 1.82) is 0 Å². The molecular weight excluding hydrogens is 302 g/mol. The van der Waals surface area contributed by atoms with E-state index in [9.17, 15) is 23.3 Å². The molecule has 15 heavy (non-hydrogen) atoms. The van der Waals surface area contributed by atoms with Crippen LogP contribution in [0, 0.1) is 10.1 Å². The summed E-state index contributed by atoms with van der Waals surface area (Å²) in [5.41, 5.74) is -1.91. The van der Waals surface area contributed by atoms with Gasteiger partial charge in [-0.3, -0.25) is 10.1 Å². The van der Waals surface area contributed by atoms with Crippen LogP contribution in [0.1, 0.15) is 5.56 Å². The van der Waals surface area contributed by atoms with Crippen molar-refractivity contribution in [3.05, 3.63) is 37.3 Å². The number of hydrogen-bond donors (Lipinski definition) is 0. The molecule has 1 aromatic carbocycles. The summed E-state index contributed by atoms with van der Waals surface area (Å²) in [6.07, 6.45) is -4.66. The van der Waals surface area contributed by atoms with E-state index in [1.165, 1.54) is 0 Å². The molecule has 1 aromatic rings. The van der Waals surface area contributed by atoms with Gasteiger partial charge in [0.25, 0.3) is 0 Å². The SMILES string of the molecule is O=[N+]([O-])c1c(Cl)ccc(C(F)(F)F)c1Br. The molecule has 0 N–H and O–H groups in total. The molecule has 0 bridgehead atoms. The lowest BCUT2D eigenvalue weighted by molar-refractivity contribution is -0.385. The van der Waals surface area contributed by atoms with Crippen molar-refractivity contribution in [2.24, 2.45) is 0 Å². The van der Waals surface area contributed by atoms with Gasteiger partial charge in [0.2, 0.25) is 0 Å². The van der Waals surface area contributed by atoms with Gasteiger partial charge in [0.05, 0.1) is 10.5 Å². The van der Waals surface area contributed by atoms with Crippen molar-refractivity contribution in [3.8, 4) is 0 Å². The Hall–Kier alpha value is -0.820. The van der Waals surface area contributed by atoms with Gasteiger partial charge < -0.3 is 0 Å². The summed E-state index contributed by atoms with van der Waals surface area (Å²) in [7, 11) is 0. The topological polar surface area (TPSA) is 43.1 Å². The van der Waals surface area contributed by atoms with Crippen molar-refractivity contribution in [1.82, 2.24) is 0 Å². The van der Waals surface area contributed by atoms with E-state index in [0.29, 0.717) is 6.07 Å². The zero-order chi connectivity index (χ0) is 11.8. The van der Waals surface area contributed by atoms with E-state index in [2.05, 4.69) is 15.9 Å². The number of nitro groups is 1. The molecule has 0 atom stereocenters. The number of hydrogen-bond acceptors (Lipinski definition) is 2. The molecule has 0 radical (unpaired) electrons. The zero-order valence-electron chi connectivity index (χ0n) is 6.81. The third-order valence-corrected chi connectivity index (χ3v) is 2.66. The molecule has 0 aliphatic heterocycles. The average Bonchev–Trinajstić information content (AvgIpc) is 2.00. The highest BCUT2D eigenvalue weighted by molar-refractivity contribution is 9.10. The van der Waals surface area contributed by atoms with Crippen molar-refractivity contribution < 1.29 is 18.1 Å². The van der Waals surface area contributed by atoms with Gasteiger partial charge in [-0.2, -0.15) is 13.2 Å². The van der Waals surface area contributed by atoms with Crippen LogP contribution >= 0.6 is 27.5 Å². The van der Waals surface area contributed by atoms with Gasteiger partial charge in [0.1, 0.15) is 9.50 Å². The van der Waals surface area contributed by atoms with Crippen LogP contribution in [0.5, 0.6) is 0 Å². The van der Waals surface area contributed by atoms with E-state index in [4.69, 9.17) is 11.6 Å². The molecule has 82 valence electrons. The molecule has 0 heterocycles. The van der Waals surface area contributed by atoms with Crippen molar-refractivity contribution >= 4 is 33.2 Å². The Morgan fingerprint density at radius 3 is 2.33 bits per heavy atom. The summed E-state index contributed by atoms with van der Waals surface area (Å²) in [5.74, 6) is 0. The molecule has 0 aliphatic rings. The van der Waals surface area contributed by atoms with Crippen molar-refractivity contribution in [3.63, 3.8) is 0 Å². The monoisotopic (exact) mass is 303 g/mol. The highest BCUT2D eigenvalue weighted by Gasteiger charge is 2.37. The van der Waals surface area contributed by atoms with E-state index in [1.54, 1.807) is 0 Å². The van der Waals surface area contributed by atoms with E-state index >= 15 is 0 Å². The van der Waals surface area contributed by atoms with Crippen molar-refractivity contribution in [2.75, 3.05) is 0 Å². The lowest BCUT2D eigenvalue weighted by atomic mass is 10.2. The maximum absolute atomic E-state index is 12.3. The zero-order valence-corrected chi connectivity index (χ0v) is 9.15. The second-order valence-electron chi connectivity index (χ2n) is 2.51. The normalized spacial score (nSPS) is 11.5. The molecule has 0 aromatic heterocycles. The first-order valence-electron chi connectivity index (χ1n) is 3.44. The first-order valence-corrected chi connectivity index (χ1v) is 4.62. The standard InChI is InChI=1S/C7H2BrClF3NO2/c8-5-3(7(10,11)12)1-2-4(9)6(5)13(14)15/h1-2H. The first-order chi connectivity index (χ1) is 6.75. The van der Waals surface area contributed by atoms with E-state index in [-0.39, 0.29) is 5.02 Å². The molecule has 1 rings (SSSR count). The maximum atomic E-state index is 12.3. The quantitative estimate of drug-likeness (QED) is 0.581. The number of benzene rings is 1. The Morgan fingerprint density at radius 2 is 1.93 bits per heavy atom. The van der Waals surface area contributed by atoms with Gasteiger partial charge in [-0.05, 0) is 28.1 Å². The Labute approximate surface area is 95.1 Å². The van der Waals surface area contributed by atoms with Crippen LogP contribution in [0.4, 0.5) is 18.9 Å². The van der Waals surface area contributed by atoms with Gasteiger partial charge in [-0.15, -0.1) is 0 Å². The minimum absolute atomic E-state index is 0.347. The summed E-state index contributed by atoms with van der Waals surface area (Å²) < 4.78 is 36.3. The minimum Gasteiger partial charge on any atom is -0.258 e. The third kappa shape index (κ3) is 2.40. The second kappa shape index (κ2) is 3.97. The molecule has 0 saturated heterocycles. The maximum Gasteiger partial charge on any atom is 0.417 e. The smallest absolute Gasteiger partial charge is 0.258 e. The van der Waals surface area contributed by atoms with E-state index in [1.807, 2.05) is 0 Å². The van der Waals surface area contributed by atoms with Gasteiger partial charge >= 0.3 is 11.9 Å². The average molecular weight is 304 g/mol. The molecule has 0 unspecified atom stereocenters. The van der Waals surface area contributed by atoms with Gasteiger partial charge in [-0.25, -0.2) is 0 Å². The highest BCUT2D eigenvalue weighted by Crippen LogP contribution is 2.42. The summed E-state index contributed by atoms with van der Waals surface area (Å²) in [6, 6.07) is 1.52. The van der Waals surface area contributed by atoms with E-state index < -0.39 is 26.8 Å². The number of rotatable bonds is 1. The van der Waals surface area contributed by atoms with Crippen LogP contribution in [0.15, 0.2) is 16.6 Å². The van der Waals surface area contributed by atoms with Crippen molar-refractivity contribution in [2.45, 2.75) is 6.18 Å². The third-order valence-electron chi connectivity index (χ3n) is 1.55. The number of nitrogens with zero attached hydrogens (tertiary/aromatic N) is 1. The van der Waals surface area contributed by atoms with Gasteiger partial charge in [-0.1, -0.05) is 11.6 Å². The number of halogens is 5. The Bertz CT molecular complexity index is 421.